The summed E-state index contributed by atoms with van der Waals surface area (Å²) in [7, 11) is 0. The first kappa shape index (κ1) is 14.7. The lowest BCUT2D eigenvalue weighted by molar-refractivity contribution is 0.0697. The number of aromatic carboxylic acids is 1. The number of ether oxygens (including phenoxy) is 1. The second kappa shape index (κ2) is 5.50. The molecule has 0 saturated carbocycles. The third-order valence-corrected chi connectivity index (χ3v) is 3.93. The van der Waals surface area contributed by atoms with Gasteiger partial charge in [0.15, 0.2) is 0 Å². The molecular formula is C17H14F2O3. The number of carboxylic acids is 1. The van der Waals surface area contributed by atoms with Gasteiger partial charge in [0.2, 0.25) is 0 Å². The van der Waals surface area contributed by atoms with Gasteiger partial charge in [0.25, 0.3) is 0 Å². The van der Waals surface area contributed by atoms with Crippen LogP contribution in [-0.2, 0) is 16.8 Å². The summed E-state index contributed by atoms with van der Waals surface area (Å²) in [5.74, 6) is -2.18. The molecule has 1 atom stereocenters. The fraction of sp³-hybridized carbons (Fsp3) is 0.235. The third-order valence-electron chi connectivity index (χ3n) is 3.93. The summed E-state index contributed by atoms with van der Waals surface area (Å²) in [5.41, 5.74) is 0.854. The van der Waals surface area contributed by atoms with Crippen molar-refractivity contribution >= 4 is 5.97 Å². The normalized spacial score (nSPS) is 19.9. The molecule has 3 rings (SSSR count). The molecule has 2 aromatic rings. The van der Waals surface area contributed by atoms with Crippen molar-refractivity contribution in [1.29, 1.82) is 0 Å². The molecule has 1 heterocycles. The van der Waals surface area contributed by atoms with Crippen molar-refractivity contribution in [2.24, 2.45) is 0 Å². The molecule has 0 radical (unpaired) electrons. The first-order valence-corrected chi connectivity index (χ1v) is 6.92. The Kier molecular flexibility index (Phi) is 3.66. The van der Waals surface area contributed by atoms with E-state index in [4.69, 9.17) is 9.84 Å². The predicted molar refractivity (Wildman–Crippen MR) is 75.7 cm³/mol. The van der Waals surface area contributed by atoms with E-state index in [0.717, 1.165) is 11.6 Å². The Morgan fingerprint density at radius 2 is 1.86 bits per heavy atom. The van der Waals surface area contributed by atoms with Crippen LogP contribution in [-0.4, -0.2) is 17.7 Å². The molecule has 2 aromatic carbocycles. The van der Waals surface area contributed by atoms with Crippen LogP contribution in [0.5, 0.6) is 0 Å². The van der Waals surface area contributed by atoms with E-state index in [-0.39, 0.29) is 5.56 Å². The first-order chi connectivity index (χ1) is 10.5. The minimum atomic E-state index is -0.970. The highest BCUT2D eigenvalue weighted by Gasteiger charge is 2.47. The Morgan fingerprint density at radius 1 is 1.18 bits per heavy atom. The first-order valence-electron chi connectivity index (χ1n) is 6.92. The van der Waals surface area contributed by atoms with E-state index in [2.05, 4.69) is 0 Å². The molecule has 1 aliphatic rings. The van der Waals surface area contributed by atoms with Gasteiger partial charge in [-0.3, -0.25) is 0 Å². The van der Waals surface area contributed by atoms with E-state index >= 15 is 0 Å². The van der Waals surface area contributed by atoms with Crippen LogP contribution >= 0.6 is 0 Å². The highest BCUT2D eigenvalue weighted by molar-refractivity contribution is 5.87. The predicted octanol–water partition coefficient (Wildman–Crippen LogP) is 3.52. The lowest BCUT2D eigenvalue weighted by Gasteiger charge is -2.13. The number of benzene rings is 2. The van der Waals surface area contributed by atoms with Gasteiger partial charge >= 0.3 is 5.97 Å². The zero-order valence-corrected chi connectivity index (χ0v) is 11.7. The van der Waals surface area contributed by atoms with Gasteiger partial charge in [-0.15, -0.1) is 0 Å². The maximum atomic E-state index is 13.9. The quantitative estimate of drug-likeness (QED) is 0.860. The Bertz CT molecular complexity index is 706. The van der Waals surface area contributed by atoms with Crippen LogP contribution in [0.2, 0.25) is 0 Å². The lowest BCUT2D eigenvalue weighted by atomic mass is 9.92. The number of rotatable bonds is 5. The van der Waals surface area contributed by atoms with E-state index in [1.165, 1.54) is 24.3 Å². The summed E-state index contributed by atoms with van der Waals surface area (Å²) >= 11 is 0. The molecule has 0 aromatic heterocycles. The molecule has 3 nitrogen and oxygen atoms in total. The number of carboxylic acid groups (broad SMARTS) is 1. The Hall–Kier alpha value is -2.27. The van der Waals surface area contributed by atoms with E-state index in [0.29, 0.717) is 25.0 Å². The zero-order valence-electron chi connectivity index (χ0n) is 11.7. The van der Waals surface area contributed by atoms with Crippen LogP contribution in [0.4, 0.5) is 8.78 Å². The number of hydrogen-bond acceptors (Lipinski definition) is 2. The lowest BCUT2D eigenvalue weighted by Crippen LogP contribution is -2.13. The second-order valence-corrected chi connectivity index (χ2v) is 5.41. The van der Waals surface area contributed by atoms with E-state index in [9.17, 15) is 13.6 Å². The summed E-state index contributed by atoms with van der Waals surface area (Å²) in [6.45, 7) is 0.406. The van der Waals surface area contributed by atoms with E-state index in [1.807, 2.05) is 0 Å². The van der Waals surface area contributed by atoms with Gasteiger partial charge in [-0.25, -0.2) is 13.6 Å². The largest absolute Gasteiger partial charge is 0.478 e. The standard InChI is InChI=1S/C17H14F2O3/c18-13-5-6-14(15(19)9-13)17(10-22-17)8-7-11-1-3-12(4-2-11)16(20)21/h1-6,9H,7-8,10H2,(H,20,21). The second-order valence-electron chi connectivity index (χ2n) is 5.41. The van der Waals surface area contributed by atoms with Gasteiger partial charge in [0, 0.05) is 11.6 Å². The molecule has 1 aliphatic heterocycles. The molecule has 0 bridgehead atoms. The number of carbonyl (C=O) groups is 1. The van der Waals surface area contributed by atoms with Crippen molar-refractivity contribution in [3.05, 3.63) is 70.8 Å². The summed E-state index contributed by atoms with van der Waals surface area (Å²) < 4.78 is 32.3. The molecule has 1 fully saturated rings. The van der Waals surface area contributed by atoms with Gasteiger partial charge in [0.1, 0.15) is 17.2 Å². The van der Waals surface area contributed by atoms with Gasteiger partial charge in [-0.05, 0) is 36.6 Å². The Balaban J connectivity index is 1.71. The number of halogens is 2. The fourth-order valence-corrected chi connectivity index (χ4v) is 2.54. The molecule has 0 amide bonds. The van der Waals surface area contributed by atoms with E-state index in [1.54, 1.807) is 12.1 Å². The van der Waals surface area contributed by atoms with Crippen LogP contribution in [0.15, 0.2) is 42.5 Å². The molecule has 22 heavy (non-hydrogen) atoms. The van der Waals surface area contributed by atoms with Crippen molar-refractivity contribution in [3.63, 3.8) is 0 Å². The number of aryl methyl sites for hydroxylation is 1. The molecule has 114 valence electrons. The van der Waals surface area contributed by atoms with Crippen molar-refractivity contribution < 1.29 is 23.4 Å². The smallest absolute Gasteiger partial charge is 0.335 e. The molecule has 1 saturated heterocycles. The van der Waals surface area contributed by atoms with Crippen LogP contribution in [0.3, 0.4) is 0 Å². The van der Waals surface area contributed by atoms with Gasteiger partial charge < -0.3 is 9.84 Å². The average Bonchev–Trinajstić information content (AvgIpc) is 3.26. The van der Waals surface area contributed by atoms with Crippen molar-refractivity contribution in [1.82, 2.24) is 0 Å². The molecule has 0 spiro atoms. The molecule has 5 heteroatoms. The average molecular weight is 304 g/mol. The maximum absolute atomic E-state index is 13.9. The van der Waals surface area contributed by atoms with E-state index < -0.39 is 23.2 Å². The highest BCUT2D eigenvalue weighted by atomic mass is 19.1. The highest BCUT2D eigenvalue weighted by Crippen LogP contribution is 2.44. The van der Waals surface area contributed by atoms with Crippen LogP contribution in [0, 0.1) is 11.6 Å². The van der Waals surface area contributed by atoms with Crippen LogP contribution < -0.4 is 0 Å². The third kappa shape index (κ3) is 2.85. The monoisotopic (exact) mass is 304 g/mol. The van der Waals surface area contributed by atoms with Crippen molar-refractivity contribution in [2.75, 3.05) is 6.61 Å². The number of epoxide rings is 1. The Labute approximate surface area is 126 Å². The summed E-state index contributed by atoms with van der Waals surface area (Å²) in [5, 5.41) is 8.85. The molecule has 1 unspecified atom stereocenters. The SMILES string of the molecule is O=C(O)c1ccc(CCC2(c3ccc(F)cc3F)CO2)cc1. The van der Waals surface area contributed by atoms with Gasteiger partial charge in [-0.2, -0.15) is 0 Å². The summed E-state index contributed by atoms with van der Waals surface area (Å²) in [6, 6.07) is 10.1. The minimum absolute atomic E-state index is 0.228. The molecule has 0 aliphatic carbocycles. The molecular weight excluding hydrogens is 290 g/mol. The van der Waals surface area contributed by atoms with Crippen molar-refractivity contribution in [3.8, 4) is 0 Å². The maximum Gasteiger partial charge on any atom is 0.335 e. The van der Waals surface area contributed by atoms with Gasteiger partial charge in [0.05, 0.1) is 12.2 Å². The molecule has 1 N–H and O–H groups in total. The van der Waals surface area contributed by atoms with Crippen molar-refractivity contribution in [2.45, 2.75) is 18.4 Å². The topological polar surface area (TPSA) is 49.8 Å². The number of hydrogen-bond donors (Lipinski definition) is 1. The van der Waals surface area contributed by atoms with Crippen LogP contribution in [0.25, 0.3) is 0 Å². The Morgan fingerprint density at radius 3 is 2.41 bits per heavy atom. The minimum Gasteiger partial charge on any atom is -0.478 e. The van der Waals surface area contributed by atoms with Crippen LogP contribution in [0.1, 0.15) is 27.9 Å². The van der Waals surface area contributed by atoms with Gasteiger partial charge in [-0.1, -0.05) is 18.2 Å². The summed E-state index contributed by atoms with van der Waals surface area (Å²) in [4.78, 5) is 10.8. The zero-order chi connectivity index (χ0) is 15.7. The fourth-order valence-electron chi connectivity index (χ4n) is 2.54. The summed E-state index contributed by atoms with van der Waals surface area (Å²) in [6.07, 6.45) is 1.18.